The third-order valence-electron chi connectivity index (χ3n) is 3.11. The van der Waals surface area contributed by atoms with Crippen molar-refractivity contribution in [1.29, 1.82) is 0 Å². The number of carbonyl (C=O) groups excluding carboxylic acids is 1. The van der Waals surface area contributed by atoms with E-state index < -0.39 is 0 Å². The van der Waals surface area contributed by atoms with Crippen LogP contribution in [-0.4, -0.2) is 22.2 Å². The van der Waals surface area contributed by atoms with Gasteiger partial charge in [-0.15, -0.1) is 0 Å². The Morgan fingerprint density at radius 1 is 1.47 bits per heavy atom. The van der Waals surface area contributed by atoms with Crippen LogP contribution < -0.4 is 5.32 Å². The fourth-order valence-corrected chi connectivity index (χ4v) is 1.72. The van der Waals surface area contributed by atoms with Crippen molar-refractivity contribution < 1.29 is 4.79 Å². The molecule has 0 bridgehead atoms. The predicted octanol–water partition coefficient (Wildman–Crippen LogP) is 1.39. The van der Waals surface area contributed by atoms with Crippen molar-refractivity contribution in [3.05, 3.63) is 17.5 Å². The molecule has 0 fully saturated rings. The Bertz CT molecular complexity index is 381. The van der Waals surface area contributed by atoms with E-state index in [1.54, 1.807) is 0 Å². The van der Waals surface area contributed by atoms with Crippen molar-refractivity contribution in [3.8, 4) is 0 Å². The van der Waals surface area contributed by atoms with E-state index >= 15 is 0 Å². The highest BCUT2D eigenvalue weighted by atomic mass is 16.2. The van der Waals surface area contributed by atoms with Crippen molar-refractivity contribution in [2.24, 2.45) is 5.92 Å². The number of rotatable bonds is 2. The molecule has 1 N–H and O–H groups in total. The third-order valence-corrected chi connectivity index (χ3v) is 3.11. The van der Waals surface area contributed by atoms with Crippen LogP contribution in [0.15, 0.2) is 6.07 Å². The number of nitrogens with one attached hydrogen (secondary N) is 1. The fraction of sp³-hybridized carbons (Fsp3) is 0.636. The fourth-order valence-electron chi connectivity index (χ4n) is 1.72. The Labute approximate surface area is 89.7 Å². The molecule has 0 aliphatic carbocycles. The number of aromatic nitrogens is 2. The summed E-state index contributed by atoms with van der Waals surface area (Å²) >= 11 is 0. The Kier molecular flexibility index (Phi) is 2.50. The average molecular weight is 207 g/mol. The lowest BCUT2D eigenvalue weighted by Crippen LogP contribution is -2.35. The van der Waals surface area contributed by atoms with Crippen molar-refractivity contribution in [3.63, 3.8) is 0 Å². The highest BCUT2D eigenvalue weighted by Crippen LogP contribution is 2.23. The van der Waals surface area contributed by atoms with Gasteiger partial charge in [0.15, 0.2) is 0 Å². The van der Waals surface area contributed by atoms with Gasteiger partial charge >= 0.3 is 0 Å². The molecule has 0 aromatic carbocycles. The second-order valence-electron chi connectivity index (χ2n) is 4.47. The van der Waals surface area contributed by atoms with Gasteiger partial charge in [-0.2, -0.15) is 5.10 Å². The second kappa shape index (κ2) is 3.68. The summed E-state index contributed by atoms with van der Waals surface area (Å²) in [6, 6.07) is 1.92. The van der Waals surface area contributed by atoms with Crippen LogP contribution in [0.5, 0.6) is 0 Å². The monoisotopic (exact) mass is 207 g/mol. The largest absolute Gasteiger partial charge is 0.349 e. The quantitative estimate of drug-likeness (QED) is 0.796. The standard InChI is InChI=1S/C11H17N3O/c1-7(2)8(3)9-6-10-11(15)12-4-5-14(10)13-9/h6-8H,4-5H2,1-3H3,(H,12,15). The molecule has 0 spiro atoms. The summed E-state index contributed by atoms with van der Waals surface area (Å²) in [6.45, 7) is 7.96. The first-order valence-electron chi connectivity index (χ1n) is 5.45. The summed E-state index contributed by atoms with van der Waals surface area (Å²) in [5.74, 6) is 0.942. The molecule has 1 aromatic rings. The minimum absolute atomic E-state index is 0.00374. The van der Waals surface area contributed by atoms with Crippen LogP contribution >= 0.6 is 0 Å². The first-order chi connectivity index (χ1) is 7.09. The molecule has 0 radical (unpaired) electrons. The van der Waals surface area contributed by atoms with E-state index in [1.807, 2.05) is 10.7 Å². The summed E-state index contributed by atoms with van der Waals surface area (Å²) in [7, 11) is 0. The lowest BCUT2D eigenvalue weighted by atomic mass is 9.95. The molecule has 4 nitrogen and oxygen atoms in total. The zero-order valence-corrected chi connectivity index (χ0v) is 9.45. The Hall–Kier alpha value is -1.32. The number of hydrogen-bond donors (Lipinski definition) is 1. The smallest absolute Gasteiger partial charge is 0.269 e. The molecular formula is C11H17N3O. The lowest BCUT2D eigenvalue weighted by Gasteiger charge is -2.13. The highest BCUT2D eigenvalue weighted by molar-refractivity contribution is 5.93. The Morgan fingerprint density at radius 3 is 2.80 bits per heavy atom. The molecule has 0 saturated carbocycles. The number of amides is 1. The molecule has 1 aliphatic heterocycles. The van der Waals surface area contributed by atoms with E-state index in [2.05, 4.69) is 31.2 Å². The molecule has 82 valence electrons. The second-order valence-corrected chi connectivity index (χ2v) is 4.47. The van der Waals surface area contributed by atoms with Crippen LogP contribution in [0.25, 0.3) is 0 Å². The van der Waals surface area contributed by atoms with Gasteiger partial charge in [-0.05, 0) is 12.0 Å². The van der Waals surface area contributed by atoms with E-state index in [9.17, 15) is 4.79 Å². The summed E-state index contributed by atoms with van der Waals surface area (Å²) < 4.78 is 1.81. The van der Waals surface area contributed by atoms with Crippen molar-refractivity contribution in [1.82, 2.24) is 15.1 Å². The first kappa shape index (κ1) is 10.2. The molecule has 1 unspecified atom stereocenters. The lowest BCUT2D eigenvalue weighted by molar-refractivity contribution is 0.0924. The Morgan fingerprint density at radius 2 is 2.20 bits per heavy atom. The van der Waals surface area contributed by atoms with Gasteiger partial charge in [0.25, 0.3) is 5.91 Å². The molecule has 1 atom stereocenters. The summed E-state index contributed by atoms with van der Waals surface area (Å²) in [5, 5.41) is 7.30. The van der Waals surface area contributed by atoms with Crippen LogP contribution in [0.2, 0.25) is 0 Å². The SMILES string of the molecule is CC(C)C(C)c1cc2n(n1)CCNC2=O. The zero-order chi connectivity index (χ0) is 11.0. The maximum absolute atomic E-state index is 11.5. The van der Waals surface area contributed by atoms with Gasteiger partial charge in [0.05, 0.1) is 12.2 Å². The van der Waals surface area contributed by atoms with Crippen LogP contribution in [0.1, 0.15) is 42.9 Å². The number of nitrogens with zero attached hydrogens (tertiary/aromatic N) is 2. The van der Waals surface area contributed by atoms with Gasteiger partial charge in [-0.25, -0.2) is 0 Å². The zero-order valence-electron chi connectivity index (χ0n) is 9.45. The van der Waals surface area contributed by atoms with E-state index in [0.717, 1.165) is 12.2 Å². The number of fused-ring (bicyclic) bond motifs is 1. The molecule has 2 heterocycles. The van der Waals surface area contributed by atoms with Gasteiger partial charge in [0, 0.05) is 12.5 Å². The van der Waals surface area contributed by atoms with E-state index in [-0.39, 0.29) is 5.91 Å². The molecule has 15 heavy (non-hydrogen) atoms. The minimum atomic E-state index is -0.00374. The van der Waals surface area contributed by atoms with Gasteiger partial charge in [0.2, 0.25) is 0 Å². The van der Waals surface area contributed by atoms with Crippen molar-refractivity contribution >= 4 is 5.91 Å². The molecule has 1 amide bonds. The molecule has 4 heteroatoms. The minimum Gasteiger partial charge on any atom is -0.349 e. The van der Waals surface area contributed by atoms with Crippen LogP contribution in [0.4, 0.5) is 0 Å². The van der Waals surface area contributed by atoms with Crippen LogP contribution in [0.3, 0.4) is 0 Å². The molecule has 1 aromatic heterocycles. The summed E-state index contributed by atoms with van der Waals surface area (Å²) in [5.41, 5.74) is 1.72. The van der Waals surface area contributed by atoms with Crippen LogP contribution in [0, 0.1) is 5.92 Å². The van der Waals surface area contributed by atoms with E-state index in [1.165, 1.54) is 0 Å². The Balaban J connectivity index is 2.33. The maximum atomic E-state index is 11.5. The highest BCUT2D eigenvalue weighted by Gasteiger charge is 2.22. The number of carbonyl (C=O) groups is 1. The maximum Gasteiger partial charge on any atom is 0.269 e. The molecular weight excluding hydrogens is 190 g/mol. The average Bonchev–Trinajstić information content (AvgIpc) is 2.61. The van der Waals surface area contributed by atoms with Gasteiger partial charge in [0.1, 0.15) is 5.69 Å². The van der Waals surface area contributed by atoms with Crippen molar-refractivity contribution in [2.75, 3.05) is 6.54 Å². The van der Waals surface area contributed by atoms with Gasteiger partial charge in [-0.3, -0.25) is 9.48 Å². The van der Waals surface area contributed by atoms with Crippen LogP contribution in [-0.2, 0) is 6.54 Å². The topological polar surface area (TPSA) is 46.9 Å². The third kappa shape index (κ3) is 1.76. The van der Waals surface area contributed by atoms with Gasteiger partial charge in [-0.1, -0.05) is 20.8 Å². The van der Waals surface area contributed by atoms with E-state index in [0.29, 0.717) is 24.1 Å². The van der Waals surface area contributed by atoms with Gasteiger partial charge < -0.3 is 5.32 Å². The summed E-state index contributed by atoms with van der Waals surface area (Å²) in [4.78, 5) is 11.5. The molecule has 0 saturated heterocycles. The predicted molar refractivity (Wildman–Crippen MR) is 57.8 cm³/mol. The molecule has 1 aliphatic rings. The first-order valence-corrected chi connectivity index (χ1v) is 5.45. The van der Waals surface area contributed by atoms with E-state index in [4.69, 9.17) is 0 Å². The van der Waals surface area contributed by atoms with Crippen molar-refractivity contribution in [2.45, 2.75) is 33.2 Å². The molecule has 2 rings (SSSR count). The summed E-state index contributed by atoms with van der Waals surface area (Å²) in [6.07, 6.45) is 0. The number of hydrogen-bond acceptors (Lipinski definition) is 2. The normalized spacial score (nSPS) is 17.5.